The van der Waals surface area contributed by atoms with E-state index in [0.717, 1.165) is 0 Å². The van der Waals surface area contributed by atoms with Gasteiger partial charge in [0.15, 0.2) is 0 Å². The van der Waals surface area contributed by atoms with Crippen molar-refractivity contribution in [2.24, 2.45) is 0 Å². The van der Waals surface area contributed by atoms with Gasteiger partial charge in [0.05, 0.1) is 5.25 Å². The summed E-state index contributed by atoms with van der Waals surface area (Å²) in [6.45, 7) is 0. The number of carbonyl (C=O) groups excluding carboxylic acids is 2. The fourth-order valence-electron chi connectivity index (χ4n) is 1.60. The number of hydrogen-bond donors (Lipinski definition) is 1. The van der Waals surface area contributed by atoms with Crippen molar-refractivity contribution in [3.8, 4) is 0 Å². The number of nitrogens with zero attached hydrogens (tertiary/aromatic N) is 1. The molecule has 100 valence electrons. The normalized spacial score (nSPS) is 18.8. The average molecular weight is 315 g/mol. The largest absolute Gasteiger partial charge is 0.326 e. The third-order valence-corrected chi connectivity index (χ3v) is 4.56. The van der Waals surface area contributed by atoms with Crippen molar-refractivity contribution in [1.82, 2.24) is 4.90 Å². The monoisotopic (exact) mass is 314 g/mol. The molecule has 2 amide bonds. The third kappa shape index (κ3) is 3.46. The molecule has 1 atom stereocenters. The highest BCUT2D eigenvalue weighted by atomic mass is 35.5. The van der Waals surface area contributed by atoms with Crippen molar-refractivity contribution in [1.29, 1.82) is 0 Å². The van der Waals surface area contributed by atoms with Crippen LogP contribution in [0.1, 0.15) is 6.42 Å². The van der Waals surface area contributed by atoms with Crippen molar-refractivity contribution < 1.29 is 9.59 Å². The van der Waals surface area contributed by atoms with E-state index in [-0.39, 0.29) is 18.2 Å². The Bertz CT molecular complexity index is 533. The molecule has 1 aromatic carbocycles. The first-order valence-electron chi connectivity index (χ1n) is 5.51. The lowest BCUT2D eigenvalue weighted by atomic mass is 10.2. The van der Waals surface area contributed by atoms with Crippen LogP contribution >= 0.6 is 35.6 Å². The highest BCUT2D eigenvalue weighted by molar-refractivity contribution is 8.24. The number of anilines is 1. The summed E-state index contributed by atoms with van der Waals surface area (Å²) in [5, 5.41) is 2.90. The van der Waals surface area contributed by atoms with Crippen molar-refractivity contribution in [3.05, 3.63) is 29.3 Å². The summed E-state index contributed by atoms with van der Waals surface area (Å²) >= 11 is 12.0. The number of carbonyl (C=O) groups is 2. The van der Waals surface area contributed by atoms with Crippen LogP contribution in [-0.2, 0) is 9.59 Å². The van der Waals surface area contributed by atoms with Crippen LogP contribution in [0.5, 0.6) is 0 Å². The van der Waals surface area contributed by atoms with Gasteiger partial charge < -0.3 is 5.32 Å². The average Bonchev–Trinajstić information content (AvgIpc) is 2.60. The van der Waals surface area contributed by atoms with Gasteiger partial charge in [-0.3, -0.25) is 14.5 Å². The van der Waals surface area contributed by atoms with E-state index in [1.165, 1.54) is 16.7 Å². The van der Waals surface area contributed by atoms with Gasteiger partial charge in [-0.15, -0.1) is 0 Å². The zero-order valence-electron chi connectivity index (χ0n) is 10.1. The summed E-state index contributed by atoms with van der Waals surface area (Å²) in [6.07, 6.45) is 0.108. The molecule has 19 heavy (non-hydrogen) atoms. The highest BCUT2D eigenvalue weighted by Gasteiger charge is 2.35. The summed E-state index contributed by atoms with van der Waals surface area (Å²) in [6, 6.07) is 6.80. The molecule has 0 bridgehead atoms. The zero-order valence-corrected chi connectivity index (χ0v) is 12.4. The maximum atomic E-state index is 11.8. The van der Waals surface area contributed by atoms with Crippen LogP contribution in [0.3, 0.4) is 0 Å². The SMILES string of the molecule is CN1C(=O)C(CC(=O)Nc2ccc(Cl)cc2)SC1=S. The highest BCUT2D eigenvalue weighted by Crippen LogP contribution is 2.28. The van der Waals surface area contributed by atoms with Crippen LogP contribution in [0.25, 0.3) is 0 Å². The number of hydrogen-bond acceptors (Lipinski definition) is 4. The fraction of sp³-hybridized carbons (Fsp3) is 0.250. The Morgan fingerprint density at radius 2 is 2.11 bits per heavy atom. The smallest absolute Gasteiger partial charge is 0.241 e. The van der Waals surface area contributed by atoms with Crippen LogP contribution in [0.4, 0.5) is 5.69 Å². The molecule has 1 aliphatic heterocycles. The van der Waals surface area contributed by atoms with E-state index in [4.69, 9.17) is 23.8 Å². The number of amides is 2. The lowest BCUT2D eigenvalue weighted by molar-refractivity contribution is -0.127. The molecule has 4 nitrogen and oxygen atoms in total. The van der Waals surface area contributed by atoms with E-state index in [1.807, 2.05) is 0 Å². The Labute approximate surface area is 125 Å². The predicted molar refractivity (Wildman–Crippen MR) is 81.4 cm³/mol. The summed E-state index contributed by atoms with van der Waals surface area (Å²) in [7, 11) is 1.62. The van der Waals surface area contributed by atoms with Crippen molar-refractivity contribution >= 4 is 57.4 Å². The molecule has 0 aromatic heterocycles. The summed E-state index contributed by atoms with van der Waals surface area (Å²) < 4.78 is 0.509. The van der Waals surface area contributed by atoms with Crippen LogP contribution in [0, 0.1) is 0 Å². The van der Waals surface area contributed by atoms with Gasteiger partial charge in [0, 0.05) is 24.2 Å². The van der Waals surface area contributed by atoms with Gasteiger partial charge in [-0.1, -0.05) is 35.6 Å². The lowest BCUT2D eigenvalue weighted by Crippen LogP contribution is -2.29. The van der Waals surface area contributed by atoms with Gasteiger partial charge >= 0.3 is 0 Å². The number of rotatable bonds is 3. The minimum Gasteiger partial charge on any atom is -0.326 e. The first kappa shape index (κ1) is 14.3. The second-order valence-electron chi connectivity index (χ2n) is 4.03. The number of nitrogens with one attached hydrogen (secondary N) is 1. The minimum absolute atomic E-state index is 0.108. The molecule has 1 aliphatic rings. The molecule has 7 heteroatoms. The van der Waals surface area contributed by atoms with Gasteiger partial charge in [0.2, 0.25) is 11.8 Å². The van der Waals surface area contributed by atoms with E-state index >= 15 is 0 Å². The maximum absolute atomic E-state index is 11.8. The van der Waals surface area contributed by atoms with E-state index in [1.54, 1.807) is 31.3 Å². The van der Waals surface area contributed by atoms with Crippen molar-refractivity contribution in [3.63, 3.8) is 0 Å². The van der Waals surface area contributed by atoms with Gasteiger partial charge in [-0.05, 0) is 24.3 Å². The molecule has 1 heterocycles. The molecular weight excluding hydrogens is 304 g/mol. The molecule has 1 saturated heterocycles. The molecule has 0 radical (unpaired) electrons. The Kier molecular flexibility index (Phi) is 4.44. The Hall–Kier alpha value is -1.11. The molecule has 0 spiro atoms. The molecule has 1 N–H and O–H groups in total. The van der Waals surface area contributed by atoms with Crippen molar-refractivity contribution in [2.75, 3.05) is 12.4 Å². The zero-order chi connectivity index (χ0) is 14.0. The lowest BCUT2D eigenvalue weighted by Gasteiger charge is -2.09. The molecule has 0 aliphatic carbocycles. The van der Waals surface area contributed by atoms with E-state index in [0.29, 0.717) is 15.0 Å². The maximum Gasteiger partial charge on any atom is 0.241 e. The molecule has 1 fully saturated rings. The van der Waals surface area contributed by atoms with Crippen LogP contribution in [0.15, 0.2) is 24.3 Å². The number of benzene rings is 1. The standard InChI is InChI=1S/C12H11ClN2O2S2/c1-15-11(17)9(19-12(15)18)6-10(16)14-8-4-2-7(13)3-5-8/h2-5,9H,6H2,1H3,(H,14,16). The molecule has 0 saturated carbocycles. The fourth-order valence-corrected chi connectivity index (χ4v) is 3.15. The molecular formula is C12H11ClN2O2S2. The number of halogens is 1. The first-order chi connectivity index (χ1) is 8.97. The van der Waals surface area contributed by atoms with E-state index in [2.05, 4.69) is 5.32 Å². The Morgan fingerprint density at radius 1 is 1.47 bits per heavy atom. The first-order valence-corrected chi connectivity index (χ1v) is 7.17. The Balaban J connectivity index is 1.93. The summed E-state index contributed by atoms with van der Waals surface area (Å²) in [5.41, 5.74) is 0.653. The summed E-state index contributed by atoms with van der Waals surface area (Å²) in [4.78, 5) is 25.0. The third-order valence-electron chi connectivity index (χ3n) is 2.62. The summed E-state index contributed by atoms with van der Waals surface area (Å²) in [5.74, 6) is -0.340. The van der Waals surface area contributed by atoms with Crippen molar-refractivity contribution in [2.45, 2.75) is 11.7 Å². The Morgan fingerprint density at radius 3 is 2.63 bits per heavy atom. The number of thioether (sulfide) groups is 1. The van der Waals surface area contributed by atoms with Gasteiger partial charge in [-0.2, -0.15) is 0 Å². The molecule has 2 rings (SSSR count). The second kappa shape index (κ2) is 5.90. The van der Waals surface area contributed by atoms with Crippen LogP contribution < -0.4 is 5.32 Å². The molecule has 1 aromatic rings. The predicted octanol–water partition coefficient (Wildman–Crippen LogP) is 2.53. The van der Waals surface area contributed by atoms with Gasteiger partial charge in [-0.25, -0.2) is 0 Å². The van der Waals surface area contributed by atoms with Crippen LogP contribution in [0.2, 0.25) is 5.02 Å². The van der Waals surface area contributed by atoms with Gasteiger partial charge in [0.25, 0.3) is 0 Å². The van der Waals surface area contributed by atoms with Gasteiger partial charge in [0.1, 0.15) is 4.32 Å². The minimum atomic E-state index is -0.426. The van der Waals surface area contributed by atoms with E-state index < -0.39 is 5.25 Å². The topological polar surface area (TPSA) is 49.4 Å². The quantitative estimate of drug-likeness (QED) is 0.871. The number of thiocarbonyl (C=S) groups is 1. The van der Waals surface area contributed by atoms with Crippen LogP contribution in [-0.4, -0.2) is 33.3 Å². The van der Waals surface area contributed by atoms with E-state index in [9.17, 15) is 9.59 Å². The second-order valence-corrected chi connectivity index (χ2v) is 6.30. The molecule has 1 unspecified atom stereocenters.